The van der Waals surface area contributed by atoms with Crippen LogP contribution in [0.1, 0.15) is 16.2 Å². The van der Waals surface area contributed by atoms with Crippen LogP contribution in [0.15, 0.2) is 24.3 Å². The van der Waals surface area contributed by atoms with E-state index in [4.69, 9.17) is 4.74 Å². The average Bonchev–Trinajstić information content (AvgIpc) is 2.73. The standard InChI is InChI=1S/C10H10N4O2/c1-14-12-10(11-13-14)7-16-9-5-3-2-4-8(9)6-15/h2-6H,7H2,1H3. The van der Waals surface area contributed by atoms with E-state index in [1.165, 1.54) is 4.80 Å². The first-order valence-electron chi connectivity index (χ1n) is 4.69. The summed E-state index contributed by atoms with van der Waals surface area (Å²) in [5.41, 5.74) is 0.506. The lowest BCUT2D eigenvalue weighted by Crippen LogP contribution is -2.00. The largest absolute Gasteiger partial charge is 0.485 e. The fourth-order valence-electron chi connectivity index (χ4n) is 1.23. The van der Waals surface area contributed by atoms with Crippen molar-refractivity contribution in [2.24, 2.45) is 7.05 Å². The Labute approximate surface area is 91.8 Å². The number of carbonyl (C=O) groups excluding carboxylic acids is 1. The molecule has 1 aromatic carbocycles. The van der Waals surface area contributed by atoms with Crippen LogP contribution in [0.2, 0.25) is 0 Å². The first kappa shape index (κ1) is 10.3. The third-order valence-electron chi connectivity index (χ3n) is 1.95. The molecule has 6 heteroatoms. The number of carbonyl (C=O) groups is 1. The van der Waals surface area contributed by atoms with E-state index in [9.17, 15) is 4.79 Å². The lowest BCUT2D eigenvalue weighted by atomic mass is 10.2. The number of hydrogen-bond donors (Lipinski definition) is 0. The Balaban J connectivity index is 2.07. The summed E-state index contributed by atoms with van der Waals surface area (Å²) in [6, 6.07) is 6.98. The lowest BCUT2D eigenvalue weighted by Gasteiger charge is -2.04. The molecule has 2 rings (SSSR count). The molecule has 0 bridgehead atoms. The van der Waals surface area contributed by atoms with E-state index in [1.54, 1.807) is 31.3 Å². The van der Waals surface area contributed by atoms with Crippen molar-refractivity contribution in [1.29, 1.82) is 0 Å². The Morgan fingerprint density at radius 3 is 2.94 bits per heavy atom. The van der Waals surface area contributed by atoms with Crippen LogP contribution in [0.5, 0.6) is 5.75 Å². The van der Waals surface area contributed by atoms with Crippen molar-refractivity contribution in [3.63, 3.8) is 0 Å². The third kappa shape index (κ3) is 2.22. The van der Waals surface area contributed by atoms with Gasteiger partial charge in [0.25, 0.3) is 0 Å². The molecule has 0 aliphatic carbocycles. The molecule has 0 unspecified atom stereocenters. The quantitative estimate of drug-likeness (QED) is 0.703. The van der Waals surface area contributed by atoms with Crippen LogP contribution in [-0.2, 0) is 13.7 Å². The van der Waals surface area contributed by atoms with Crippen LogP contribution in [0.25, 0.3) is 0 Å². The number of tetrazole rings is 1. The van der Waals surface area contributed by atoms with E-state index in [-0.39, 0.29) is 6.61 Å². The maximum Gasteiger partial charge on any atom is 0.212 e. The first-order chi connectivity index (χ1) is 7.79. The highest BCUT2D eigenvalue weighted by Crippen LogP contribution is 2.16. The highest BCUT2D eigenvalue weighted by molar-refractivity contribution is 5.79. The zero-order valence-electron chi connectivity index (χ0n) is 8.70. The minimum Gasteiger partial charge on any atom is -0.485 e. The molecular weight excluding hydrogens is 208 g/mol. The van der Waals surface area contributed by atoms with Gasteiger partial charge < -0.3 is 4.74 Å². The SMILES string of the molecule is Cn1nnc(COc2ccccc2C=O)n1. The molecule has 0 fully saturated rings. The van der Waals surface area contributed by atoms with Gasteiger partial charge in [0.05, 0.1) is 12.6 Å². The second-order valence-corrected chi connectivity index (χ2v) is 3.14. The van der Waals surface area contributed by atoms with Gasteiger partial charge in [0.1, 0.15) is 5.75 Å². The molecular formula is C10H10N4O2. The molecule has 1 aromatic heterocycles. The fourth-order valence-corrected chi connectivity index (χ4v) is 1.23. The number of aldehydes is 1. The van der Waals surface area contributed by atoms with Gasteiger partial charge in [-0.05, 0) is 17.3 Å². The third-order valence-corrected chi connectivity index (χ3v) is 1.95. The molecule has 82 valence electrons. The smallest absolute Gasteiger partial charge is 0.212 e. The molecule has 1 heterocycles. The molecule has 0 atom stereocenters. The number of hydrogen-bond acceptors (Lipinski definition) is 5. The maximum absolute atomic E-state index is 10.7. The van der Waals surface area contributed by atoms with Gasteiger partial charge in [-0.3, -0.25) is 4.79 Å². The van der Waals surface area contributed by atoms with E-state index in [1.807, 2.05) is 0 Å². The van der Waals surface area contributed by atoms with Gasteiger partial charge >= 0.3 is 0 Å². The Hall–Kier alpha value is -2.24. The number of aryl methyl sites for hydroxylation is 1. The van der Waals surface area contributed by atoms with Gasteiger partial charge in [-0.15, -0.1) is 10.2 Å². The molecule has 2 aromatic rings. The van der Waals surface area contributed by atoms with Crippen LogP contribution in [-0.4, -0.2) is 26.5 Å². The summed E-state index contributed by atoms with van der Waals surface area (Å²) in [7, 11) is 1.68. The molecule has 0 saturated carbocycles. The predicted molar refractivity (Wildman–Crippen MR) is 55.0 cm³/mol. The summed E-state index contributed by atoms with van der Waals surface area (Å²) in [4.78, 5) is 12.1. The van der Waals surface area contributed by atoms with Gasteiger partial charge in [0, 0.05) is 0 Å². The van der Waals surface area contributed by atoms with Gasteiger partial charge in [0.15, 0.2) is 12.9 Å². The number of nitrogens with zero attached hydrogens (tertiary/aromatic N) is 4. The van der Waals surface area contributed by atoms with Crippen molar-refractivity contribution in [2.45, 2.75) is 6.61 Å². The number of para-hydroxylation sites is 1. The topological polar surface area (TPSA) is 69.9 Å². The molecule has 0 aliphatic heterocycles. The molecule has 0 spiro atoms. The van der Waals surface area contributed by atoms with E-state index in [0.29, 0.717) is 17.1 Å². The Morgan fingerprint density at radius 1 is 1.44 bits per heavy atom. The van der Waals surface area contributed by atoms with Crippen molar-refractivity contribution in [2.75, 3.05) is 0 Å². The van der Waals surface area contributed by atoms with Crippen LogP contribution in [0.4, 0.5) is 0 Å². The van der Waals surface area contributed by atoms with Crippen LogP contribution < -0.4 is 4.74 Å². The number of benzene rings is 1. The van der Waals surface area contributed by atoms with Crippen LogP contribution >= 0.6 is 0 Å². The average molecular weight is 218 g/mol. The van der Waals surface area contributed by atoms with E-state index < -0.39 is 0 Å². The van der Waals surface area contributed by atoms with Crippen LogP contribution in [0.3, 0.4) is 0 Å². The zero-order chi connectivity index (χ0) is 11.4. The van der Waals surface area contributed by atoms with Crippen molar-refractivity contribution in [3.05, 3.63) is 35.7 Å². The van der Waals surface area contributed by atoms with Crippen molar-refractivity contribution in [3.8, 4) is 5.75 Å². The molecule has 0 N–H and O–H groups in total. The van der Waals surface area contributed by atoms with Crippen molar-refractivity contribution >= 4 is 6.29 Å². The molecule has 0 aliphatic rings. The molecule has 16 heavy (non-hydrogen) atoms. The normalized spacial score (nSPS) is 10.1. The summed E-state index contributed by atoms with van der Waals surface area (Å²) in [6.45, 7) is 0.193. The summed E-state index contributed by atoms with van der Waals surface area (Å²) < 4.78 is 5.42. The summed E-state index contributed by atoms with van der Waals surface area (Å²) in [5, 5.41) is 11.4. The van der Waals surface area contributed by atoms with E-state index in [0.717, 1.165) is 6.29 Å². The van der Waals surface area contributed by atoms with E-state index in [2.05, 4.69) is 15.4 Å². The number of ether oxygens (including phenoxy) is 1. The predicted octanol–water partition coefficient (Wildman–Crippen LogP) is 0.602. The second kappa shape index (κ2) is 4.52. The summed E-state index contributed by atoms with van der Waals surface area (Å²) >= 11 is 0. The van der Waals surface area contributed by atoms with Gasteiger partial charge in [-0.25, -0.2) is 0 Å². The summed E-state index contributed by atoms with van der Waals surface area (Å²) in [6.07, 6.45) is 0.749. The van der Waals surface area contributed by atoms with Crippen LogP contribution in [0, 0.1) is 0 Å². The minimum absolute atomic E-state index is 0.193. The summed E-state index contributed by atoms with van der Waals surface area (Å²) in [5.74, 6) is 0.994. The van der Waals surface area contributed by atoms with Gasteiger partial charge in [-0.2, -0.15) is 4.80 Å². The van der Waals surface area contributed by atoms with Gasteiger partial charge in [-0.1, -0.05) is 12.1 Å². The van der Waals surface area contributed by atoms with Gasteiger partial charge in [0.2, 0.25) is 5.82 Å². The molecule has 0 amide bonds. The second-order valence-electron chi connectivity index (χ2n) is 3.14. The molecule has 0 radical (unpaired) electrons. The van der Waals surface area contributed by atoms with Crippen molar-refractivity contribution in [1.82, 2.24) is 20.2 Å². The first-order valence-corrected chi connectivity index (χ1v) is 4.69. The maximum atomic E-state index is 10.7. The Morgan fingerprint density at radius 2 is 2.25 bits per heavy atom. The number of aromatic nitrogens is 4. The Kier molecular flexibility index (Phi) is 2.90. The highest BCUT2D eigenvalue weighted by atomic mass is 16.5. The highest BCUT2D eigenvalue weighted by Gasteiger charge is 2.04. The Bertz CT molecular complexity index is 495. The minimum atomic E-state index is 0.193. The monoisotopic (exact) mass is 218 g/mol. The fraction of sp³-hybridized carbons (Fsp3) is 0.200. The zero-order valence-corrected chi connectivity index (χ0v) is 8.70. The van der Waals surface area contributed by atoms with Crippen molar-refractivity contribution < 1.29 is 9.53 Å². The number of rotatable bonds is 4. The van der Waals surface area contributed by atoms with E-state index >= 15 is 0 Å². The lowest BCUT2D eigenvalue weighted by molar-refractivity contribution is 0.111. The molecule has 0 saturated heterocycles. The molecule has 6 nitrogen and oxygen atoms in total.